The largest absolute Gasteiger partial charge is 0.508 e. The van der Waals surface area contributed by atoms with Gasteiger partial charge in [0.2, 0.25) is 0 Å². The molecule has 22 heavy (non-hydrogen) atoms. The molecule has 2 heteroatoms. The van der Waals surface area contributed by atoms with Crippen molar-refractivity contribution in [2.75, 3.05) is 13.1 Å². The fourth-order valence-electron chi connectivity index (χ4n) is 2.84. The minimum atomic E-state index is 0.233. The summed E-state index contributed by atoms with van der Waals surface area (Å²) in [5, 5.41) is 13.8. The molecule has 0 fully saturated rings. The van der Waals surface area contributed by atoms with E-state index in [-0.39, 0.29) is 5.92 Å². The molecule has 0 saturated heterocycles. The van der Waals surface area contributed by atoms with Crippen molar-refractivity contribution < 1.29 is 5.11 Å². The summed E-state index contributed by atoms with van der Waals surface area (Å²) in [6.45, 7) is 6.33. The molecule has 0 aliphatic carbocycles. The van der Waals surface area contributed by atoms with Crippen molar-refractivity contribution in [3.63, 3.8) is 0 Å². The molecule has 1 unspecified atom stereocenters. The van der Waals surface area contributed by atoms with Crippen LogP contribution in [0.3, 0.4) is 0 Å². The number of rotatable bonds is 8. The van der Waals surface area contributed by atoms with Crippen molar-refractivity contribution in [3.05, 3.63) is 65.2 Å². The molecular formula is C20H27NO. The SMILES string of the molecule is CCCNCCC(c1ccccc1)c1cc(CC)ccc1O. The predicted molar refractivity (Wildman–Crippen MR) is 93.5 cm³/mol. The Morgan fingerprint density at radius 2 is 1.77 bits per heavy atom. The fourth-order valence-corrected chi connectivity index (χ4v) is 2.84. The normalized spacial score (nSPS) is 12.3. The van der Waals surface area contributed by atoms with E-state index < -0.39 is 0 Å². The molecule has 0 heterocycles. The van der Waals surface area contributed by atoms with Crippen LogP contribution < -0.4 is 5.32 Å². The Bertz CT molecular complexity index is 565. The van der Waals surface area contributed by atoms with Crippen LogP contribution in [-0.4, -0.2) is 18.2 Å². The molecule has 2 aromatic carbocycles. The van der Waals surface area contributed by atoms with Gasteiger partial charge in [-0.05, 0) is 49.5 Å². The van der Waals surface area contributed by atoms with E-state index in [1.165, 1.54) is 11.1 Å². The number of aryl methyl sites for hydroxylation is 1. The first-order chi connectivity index (χ1) is 10.8. The van der Waals surface area contributed by atoms with E-state index in [0.717, 1.165) is 37.9 Å². The van der Waals surface area contributed by atoms with E-state index in [1.807, 2.05) is 18.2 Å². The number of phenolic OH excluding ortho intramolecular Hbond substituents is 1. The van der Waals surface area contributed by atoms with Crippen molar-refractivity contribution in [3.8, 4) is 5.75 Å². The van der Waals surface area contributed by atoms with Crippen LogP contribution >= 0.6 is 0 Å². The highest BCUT2D eigenvalue weighted by atomic mass is 16.3. The second-order valence-corrected chi connectivity index (χ2v) is 5.75. The molecule has 1 atom stereocenters. The van der Waals surface area contributed by atoms with Crippen molar-refractivity contribution >= 4 is 0 Å². The third-order valence-electron chi connectivity index (χ3n) is 4.11. The number of hydrogen-bond acceptors (Lipinski definition) is 2. The molecule has 2 aromatic rings. The Balaban J connectivity index is 2.27. The zero-order valence-electron chi connectivity index (χ0n) is 13.7. The summed E-state index contributed by atoms with van der Waals surface area (Å²) < 4.78 is 0. The van der Waals surface area contributed by atoms with Gasteiger partial charge in [-0.1, -0.05) is 56.3 Å². The third kappa shape index (κ3) is 4.35. The van der Waals surface area contributed by atoms with Gasteiger partial charge in [-0.3, -0.25) is 0 Å². The topological polar surface area (TPSA) is 32.3 Å². The highest BCUT2D eigenvalue weighted by Gasteiger charge is 2.17. The molecule has 0 spiro atoms. The van der Waals surface area contributed by atoms with Gasteiger partial charge < -0.3 is 10.4 Å². The summed E-state index contributed by atoms with van der Waals surface area (Å²) in [6.07, 6.45) is 3.13. The lowest BCUT2D eigenvalue weighted by atomic mass is 9.87. The lowest BCUT2D eigenvalue weighted by Gasteiger charge is -2.20. The third-order valence-corrected chi connectivity index (χ3v) is 4.11. The summed E-state index contributed by atoms with van der Waals surface area (Å²) in [5.41, 5.74) is 3.59. The van der Waals surface area contributed by atoms with Crippen molar-refractivity contribution in [1.82, 2.24) is 5.32 Å². The van der Waals surface area contributed by atoms with Crippen LogP contribution in [0.1, 0.15) is 49.3 Å². The number of benzene rings is 2. The molecule has 0 radical (unpaired) electrons. The summed E-state index contributed by atoms with van der Waals surface area (Å²) in [7, 11) is 0. The van der Waals surface area contributed by atoms with E-state index in [9.17, 15) is 5.11 Å². The van der Waals surface area contributed by atoms with Gasteiger partial charge in [0.1, 0.15) is 5.75 Å². The summed E-state index contributed by atoms with van der Waals surface area (Å²) in [6, 6.07) is 16.5. The van der Waals surface area contributed by atoms with E-state index in [2.05, 4.69) is 49.5 Å². The minimum absolute atomic E-state index is 0.233. The van der Waals surface area contributed by atoms with Crippen LogP contribution in [0.25, 0.3) is 0 Å². The molecule has 2 nitrogen and oxygen atoms in total. The molecular weight excluding hydrogens is 270 g/mol. The molecule has 0 aromatic heterocycles. The first-order valence-electron chi connectivity index (χ1n) is 8.33. The maximum absolute atomic E-state index is 10.3. The Hall–Kier alpha value is -1.80. The number of hydrogen-bond donors (Lipinski definition) is 2. The average molecular weight is 297 g/mol. The average Bonchev–Trinajstić information content (AvgIpc) is 2.57. The van der Waals surface area contributed by atoms with Crippen LogP contribution in [-0.2, 0) is 6.42 Å². The monoisotopic (exact) mass is 297 g/mol. The van der Waals surface area contributed by atoms with Gasteiger partial charge in [-0.25, -0.2) is 0 Å². The molecule has 0 saturated carbocycles. The Labute approximate surface area is 134 Å². The standard InChI is InChI=1S/C20H27NO/c1-3-13-21-14-12-18(17-8-6-5-7-9-17)19-15-16(4-2)10-11-20(19)22/h5-11,15,18,21-22H,3-4,12-14H2,1-2H3. The van der Waals surface area contributed by atoms with Crippen molar-refractivity contribution in [1.29, 1.82) is 0 Å². The van der Waals surface area contributed by atoms with Crippen LogP contribution in [0, 0.1) is 0 Å². The summed E-state index contributed by atoms with van der Waals surface area (Å²) in [5.74, 6) is 0.638. The quantitative estimate of drug-likeness (QED) is 0.704. The molecule has 118 valence electrons. The Kier molecular flexibility index (Phi) is 6.47. The first kappa shape index (κ1) is 16.6. The Morgan fingerprint density at radius 3 is 2.45 bits per heavy atom. The number of nitrogens with one attached hydrogen (secondary N) is 1. The van der Waals surface area contributed by atoms with E-state index in [0.29, 0.717) is 5.75 Å². The van der Waals surface area contributed by atoms with E-state index in [1.54, 1.807) is 0 Å². The van der Waals surface area contributed by atoms with Gasteiger partial charge in [0.05, 0.1) is 0 Å². The lowest BCUT2D eigenvalue weighted by Crippen LogP contribution is -2.19. The van der Waals surface area contributed by atoms with Crippen molar-refractivity contribution in [2.24, 2.45) is 0 Å². The highest BCUT2D eigenvalue weighted by molar-refractivity contribution is 5.43. The van der Waals surface area contributed by atoms with Gasteiger partial charge in [0, 0.05) is 11.5 Å². The van der Waals surface area contributed by atoms with Crippen LogP contribution in [0.5, 0.6) is 5.75 Å². The molecule has 0 amide bonds. The van der Waals surface area contributed by atoms with Gasteiger partial charge in [0.15, 0.2) is 0 Å². The highest BCUT2D eigenvalue weighted by Crippen LogP contribution is 2.34. The van der Waals surface area contributed by atoms with Gasteiger partial charge in [0.25, 0.3) is 0 Å². The molecule has 0 bridgehead atoms. The lowest BCUT2D eigenvalue weighted by molar-refractivity contribution is 0.461. The zero-order chi connectivity index (χ0) is 15.8. The predicted octanol–water partition coefficient (Wildman–Crippen LogP) is 4.48. The van der Waals surface area contributed by atoms with Crippen LogP contribution in [0.2, 0.25) is 0 Å². The second kappa shape index (κ2) is 8.60. The summed E-state index contributed by atoms with van der Waals surface area (Å²) in [4.78, 5) is 0. The molecule has 0 aliphatic heterocycles. The fraction of sp³-hybridized carbons (Fsp3) is 0.400. The first-order valence-corrected chi connectivity index (χ1v) is 8.33. The van der Waals surface area contributed by atoms with E-state index >= 15 is 0 Å². The van der Waals surface area contributed by atoms with E-state index in [4.69, 9.17) is 0 Å². The van der Waals surface area contributed by atoms with Crippen molar-refractivity contribution in [2.45, 2.75) is 39.0 Å². The summed E-state index contributed by atoms with van der Waals surface area (Å²) >= 11 is 0. The van der Waals surface area contributed by atoms with Crippen LogP contribution in [0.15, 0.2) is 48.5 Å². The number of phenols is 1. The minimum Gasteiger partial charge on any atom is -0.508 e. The van der Waals surface area contributed by atoms with Gasteiger partial charge >= 0.3 is 0 Å². The smallest absolute Gasteiger partial charge is 0.119 e. The maximum atomic E-state index is 10.3. The Morgan fingerprint density at radius 1 is 1.00 bits per heavy atom. The van der Waals surface area contributed by atoms with Gasteiger partial charge in [-0.15, -0.1) is 0 Å². The molecule has 2 N–H and O–H groups in total. The molecule has 0 aliphatic rings. The number of aromatic hydroxyl groups is 1. The van der Waals surface area contributed by atoms with Crippen LogP contribution in [0.4, 0.5) is 0 Å². The zero-order valence-corrected chi connectivity index (χ0v) is 13.7. The van der Waals surface area contributed by atoms with Gasteiger partial charge in [-0.2, -0.15) is 0 Å². The molecule has 2 rings (SSSR count). The second-order valence-electron chi connectivity index (χ2n) is 5.75. The maximum Gasteiger partial charge on any atom is 0.119 e.